The third kappa shape index (κ3) is 5.80. The number of hydrogen-bond acceptors (Lipinski definition) is 6. The van der Waals surface area contributed by atoms with Crippen LogP contribution in [0.15, 0.2) is 81.1 Å². The Hall–Kier alpha value is -3.56. The van der Waals surface area contributed by atoms with Crippen molar-refractivity contribution in [2.75, 3.05) is 13.7 Å². The first kappa shape index (κ1) is 25.5. The van der Waals surface area contributed by atoms with E-state index in [4.69, 9.17) is 14.6 Å². The van der Waals surface area contributed by atoms with E-state index in [1.54, 1.807) is 30.2 Å². The number of thioether (sulfide) groups is 1. The Kier molecular flexibility index (Phi) is 8.12. The molecule has 0 radical (unpaired) electrons. The minimum atomic E-state index is -1.00. The van der Waals surface area contributed by atoms with E-state index in [-0.39, 0.29) is 11.5 Å². The number of aromatic carboxylic acids is 1. The van der Waals surface area contributed by atoms with E-state index in [2.05, 4.69) is 20.9 Å². The maximum atomic E-state index is 13.1. The van der Waals surface area contributed by atoms with Gasteiger partial charge in [-0.25, -0.2) is 9.79 Å². The van der Waals surface area contributed by atoms with Crippen LogP contribution in [0.25, 0.3) is 6.08 Å². The molecule has 1 fully saturated rings. The SMILES string of the molecule is CCN1C(=O)C(=Cc2cc(Br)c(OCc3ccccc3)c(OC)c2)SC1=Nc1ccc(C(=O)O)cc1. The number of aliphatic imine (C=N–C) groups is 1. The number of carboxylic acid groups (broad SMARTS) is 1. The van der Waals surface area contributed by atoms with Crippen LogP contribution < -0.4 is 9.47 Å². The van der Waals surface area contributed by atoms with Crippen molar-refractivity contribution in [2.24, 2.45) is 4.99 Å². The second kappa shape index (κ2) is 11.5. The number of amidine groups is 1. The summed E-state index contributed by atoms with van der Waals surface area (Å²) in [5.41, 5.74) is 2.55. The van der Waals surface area contributed by atoms with Crippen molar-refractivity contribution in [1.82, 2.24) is 4.90 Å². The largest absolute Gasteiger partial charge is 0.493 e. The third-order valence-electron chi connectivity index (χ3n) is 5.32. The van der Waals surface area contributed by atoms with Crippen LogP contribution in [0, 0.1) is 0 Å². The summed E-state index contributed by atoms with van der Waals surface area (Å²) < 4.78 is 12.3. The van der Waals surface area contributed by atoms with Crippen molar-refractivity contribution >= 4 is 56.5 Å². The van der Waals surface area contributed by atoms with Gasteiger partial charge in [0.15, 0.2) is 16.7 Å². The summed E-state index contributed by atoms with van der Waals surface area (Å²) in [4.78, 5) is 30.8. The normalized spacial score (nSPS) is 15.5. The second-order valence-electron chi connectivity index (χ2n) is 7.71. The van der Waals surface area contributed by atoms with Crippen LogP contribution in [0.5, 0.6) is 11.5 Å². The molecule has 0 bridgehead atoms. The molecule has 0 spiro atoms. The average molecular weight is 567 g/mol. The fourth-order valence-electron chi connectivity index (χ4n) is 3.50. The van der Waals surface area contributed by atoms with Gasteiger partial charge in [0.25, 0.3) is 5.91 Å². The van der Waals surface area contributed by atoms with Crippen LogP contribution in [-0.2, 0) is 11.4 Å². The molecular weight excluding hydrogens is 544 g/mol. The summed E-state index contributed by atoms with van der Waals surface area (Å²) in [6.07, 6.45) is 1.79. The van der Waals surface area contributed by atoms with Crippen LogP contribution in [-0.4, -0.2) is 40.7 Å². The lowest BCUT2D eigenvalue weighted by Crippen LogP contribution is -2.28. The second-order valence-corrected chi connectivity index (χ2v) is 9.58. The van der Waals surface area contributed by atoms with E-state index >= 15 is 0 Å². The molecule has 36 heavy (non-hydrogen) atoms. The third-order valence-corrected chi connectivity index (χ3v) is 6.91. The van der Waals surface area contributed by atoms with E-state index < -0.39 is 5.97 Å². The highest BCUT2D eigenvalue weighted by Crippen LogP contribution is 2.40. The molecule has 7 nitrogen and oxygen atoms in total. The molecule has 4 rings (SSSR count). The molecule has 1 aliphatic heterocycles. The van der Waals surface area contributed by atoms with Gasteiger partial charge in [-0.3, -0.25) is 9.69 Å². The Labute approximate surface area is 221 Å². The molecule has 0 aromatic heterocycles. The van der Waals surface area contributed by atoms with E-state index in [9.17, 15) is 9.59 Å². The van der Waals surface area contributed by atoms with Gasteiger partial charge in [0.2, 0.25) is 0 Å². The van der Waals surface area contributed by atoms with Crippen molar-refractivity contribution in [2.45, 2.75) is 13.5 Å². The fourth-order valence-corrected chi connectivity index (χ4v) is 5.14. The molecule has 1 N–H and O–H groups in total. The van der Waals surface area contributed by atoms with Gasteiger partial charge in [-0.15, -0.1) is 0 Å². The highest BCUT2D eigenvalue weighted by Gasteiger charge is 2.32. The first-order valence-electron chi connectivity index (χ1n) is 11.1. The highest BCUT2D eigenvalue weighted by molar-refractivity contribution is 9.10. The van der Waals surface area contributed by atoms with Crippen LogP contribution in [0.4, 0.5) is 5.69 Å². The molecule has 3 aromatic rings. The Balaban J connectivity index is 1.58. The molecule has 0 saturated carbocycles. The highest BCUT2D eigenvalue weighted by atomic mass is 79.9. The Bertz CT molecular complexity index is 1340. The number of hydrogen-bond donors (Lipinski definition) is 1. The molecule has 1 heterocycles. The van der Waals surface area contributed by atoms with Crippen LogP contribution in [0.2, 0.25) is 0 Å². The zero-order chi connectivity index (χ0) is 25.7. The summed E-state index contributed by atoms with van der Waals surface area (Å²) in [7, 11) is 1.57. The van der Waals surface area contributed by atoms with Crippen molar-refractivity contribution in [3.05, 3.63) is 92.8 Å². The number of carbonyl (C=O) groups excluding carboxylic acids is 1. The van der Waals surface area contributed by atoms with Gasteiger partial charge < -0.3 is 14.6 Å². The van der Waals surface area contributed by atoms with E-state index in [1.807, 2.05) is 49.4 Å². The predicted octanol–water partition coefficient (Wildman–Crippen LogP) is 6.36. The number of carboxylic acids is 1. The zero-order valence-corrected chi connectivity index (χ0v) is 22.0. The fraction of sp³-hybridized carbons (Fsp3) is 0.148. The number of benzene rings is 3. The first-order valence-corrected chi connectivity index (χ1v) is 12.7. The molecule has 0 unspecified atom stereocenters. The lowest BCUT2D eigenvalue weighted by molar-refractivity contribution is -0.122. The number of carbonyl (C=O) groups is 2. The molecule has 0 atom stereocenters. The van der Waals surface area contributed by atoms with Crippen LogP contribution in [0.3, 0.4) is 0 Å². The van der Waals surface area contributed by atoms with Gasteiger partial charge in [0.05, 0.1) is 27.7 Å². The first-order chi connectivity index (χ1) is 17.4. The number of ether oxygens (including phenoxy) is 2. The number of nitrogens with zero attached hydrogens (tertiary/aromatic N) is 2. The van der Waals surface area contributed by atoms with E-state index in [0.29, 0.717) is 44.9 Å². The molecule has 1 amide bonds. The molecule has 9 heteroatoms. The lowest BCUT2D eigenvalue weighted by atomic mass is 10.1. The summed E-state index contributed by atoms with van der Waals surface area (Å²) in [5.74, 6) is -0.0282. The molecule has 1 saturated heterocycles. The average Bonchev–Trinajstić information content (AvgIpc) is 3.17. The summed E-state index contributed by atoms with van der Waals surface area (Å²) in [6, 6.07) is 19.8. The van der Waals surface area contributed by atoms with Crippen LogP contribution in [0.1, 0.15) is 28.4 Å². The van der Waals surface area contributed by atoms with Gasteiger partial charge in [-0.2, -0.15) is 0 Å². The van der Waals surface area contributed by atoms with Crippen molar-refractivity contribution in [1.29, 1.82) is 0 Å². The maximum Gasteiger partial charge on any atom is 0.335 e. The number of likely N-dealkylation sites (N-methyl/N-ethyl adjacent to an activating group) is 1. The molecule has 0 aliphatic carbocycles. The molecular formula is C27H23BrN2O5S. The Morgan fingerprint density at radius 3 is 2.50 bits per heavy atom. The standard InChI is InChI=1S/C27H23BrN2O5S/c1-3-30-25(31)23(36-27(30)29-20-11-9-19(10-12-20)26(32)33)15-18-13-21(28)24(22(14-18)34-2)35-16-17-7-5-4-6-8-17/h4-15H,3,16H2,1-2H3,(H,32,33). The maximum absolute atomic E-state index is 13.1. The van der Waals surface area contributed by atoms with E-state index in [0.717, 1.165) is 11.1 Å². The smallest absolute Gasteiger partial charge is 0.335 e. The van der Waals surface area contributed by atoms with Gasteiger partial charge >= 0.3 is 5.97 Å². The van der Waals surface area contributed by atoms with Crippen molar-refractivity contribution in [3.8, 4) is 11.5 Å². The summed E-state index contributed by atoms with van der Waals surface area (Å²) in [5, 5.41) is 9.62. The summed E-state index contributed by atoms with van der Waals surface area (Å²) >= 11 is 4.84. The number of halogens is 1. The summed E-state index contributed by atoms with van der Waals surface area (Å²) in [6.45, 7) is 2.72. The lowest BCUT2D eigenvalue weighted by Gasteiger charge is -2.14. The van der Waals surface area contributed by atoms with Gasteiger partial charge in [0.1, 0.15) is 6.61 Å². The Morgan fingerprint density at radius 1 is 1.14 bits per heavy atom. The van der Waals surface area contributed by atoms with E-state index in [1.165, 1.54) is 23.9 Å². The van der Waals surface area contributed by atoms with Crippen molar-refractivity contribution < 1.29 is 24.2 Å². The molecule has 1 aliphatic rings. The van der Waals surface area contributed by atoms with Gasteiger partial charge in [0, 0.05) is 6.54 Å². The Morgan fingerprint density at radius 2 is 1.86 bits per heavy atom. The minimum absolute atomic E-state index is 0.150. The predicted molar refractivity (Wildman–Crippen MR) is 145 cm³/mol. The van der Waals surface area contributed by atoms with Gasteiger partial charge in [-0.1, -0.05) is 30.3 Å². The number of amides is 1. The van der Waals surface area contributed by atoms with Gasteiger partial charge in [-0.05, 0) is 88.2 Å². The monoisotopic (exact) mass is 566 g/mol. The quantitative estimate of drug-likeness (QED) is 0.319. The molecule has 184 valence electrons. The minimum Gasteiger partial charge on any atom is -0.493 e. The topological polar surface area (TPSA) is 88.4 Å². The number of rotatable bonds is 8. The van der Waals surface area contributed by atoms with Crippen molar-refractivity contribution in [3.63, 3.8) is 0 Å². The number of methoxy groups -OCH3 is 1. The zero-order valence-electron chi connectivity index (χ0n) is 19.6. The van der Waals surface area contributed by atoms with Crippen LogP contribution >= 0.6 is 27.7 Å². The molecule has 3 aromatic carbocycles.